The van der Waals surface area contributed by atoms with Crippen LogP contribution in [-0.4, -0.2) is 38.5 Å². The highest BCUT2D eigenvalue weighted by Crippen LogP contribution is 2.40. The number of rotatable bonds is 2. The van der Waals surface area contributed by atoms with Crippen molar-refractivity contribution in [2.75, 3.05) is 12.9 Å². The van der Waals surface area contributed by atoms with E-state index in [0.29, 0.717) is 16.7 Å². The first-order valence-corrected chi connectivity index (χ1v) is 7.38. The molecular weight excluding hydrogens is 290 g/mol. The molecule has 1 aromatic rings. The van der Waals surface area contributed by atoms with Crippen molar-refractivity contribution in [1.82, 2.24) is 14.5 Å². The third kappa shape index (κ3) is 1.70. The van der Waals surface area contributed by atoms with Gasteiger partial charge in [0.2, 0.25) is 0 Å². The first kappa shape index (κ1) is 12.5. The summed E-state index contributed by atoms with van der Waals surface area (Å²) in [7, 11) is 1.61. The fraction of sp³-hybridized carbons (Fsp3) is 0.214. The van der Waals surface area contributed by atoms with E-state index in [1.165, 1.54) is 11.8 Å². The average Bonchev–Trinajstić information content (AvgIpc) is 3.07. The van der Waals surface area contributed by atoms with Crippen LogP contribution in [0.3, 0.4) is 0 Å². The fourth-order valence-corrected chi connectivity index (χ4v) is 3.71. The van der Waals surface area contributed by atoms with Gasteiger partial charge in [-0.25, -0.2) is 14.8 Å². The van der Waals surface area contributed by atoms with Gasteiger partial charge in [-0.05, 0) is 18.2 Å². The number of aliphatic carboxylic acids is 1. The van der Waals surface area contributed by atoms with E-state index in [-0.39, 0.29) is 0 Å². The van der Waals surface area contributed by atoms with Crippen molar-refractivity contribution in [2.24, 2.45) is 0 Å². The van der Waals surface area contributed by atoms with Crippen LogP contribution in [0.1, 0.15) is 6.04 Å². The second-order valence-electron chi connectivity index (χ2n) is 4.81. The van der Waals surface area contributed by atoms with Gasteiger partial charge >= 0.3 is 5.97 Å². The molecule has 106 valence electrons. The summed E-state index contributed by atoms with van der Waals surface area (Å²) in [5.74, 6) is 1.03. The summed E-state index contributed by atoms with van der Waals surface area (Å²) in [5.41, 5.74) is 1.66. The van der Waals surface area contributed by atoms with Gasteiger partial charge in [0, 0.05) is 22.9 Å². The molecule has 3 aliphatic heterocycles. The molecule has 0 aromatic heterocycles. The van der Waals surface area contributed by atoms with Crippen molar-refractivity contribution in [3.8, 4) is 17.1 Å². The van der Waals surface area contributed by atoms with E-state index in [4.69, 9.17) is 4.74 Å². The Kier molecular flexibility index (Phi) is 2.58. The number of carbonyl (C=O) groups is 1. The topological polar surface area (TPSA) is 77.2 Å². The van der Waals surface area contributed by atoms with Crippen molar-refractivity contribution < 1.29 is 14.6 Å². The van der Waals surface area contributed by atoms with Crippen molar-refractivity contribution in [3.63, 3.8) is 0 Å². The van der Waals surface area contributed by atoms with Crippen LogP contribution >= 0.6 is 11.8 Å². The van der Waals surface area contributed by atoms with Gasteiger partial charge in [-0.2, -0.15) is 0 Å². The lowest BCUT2D eigenvalue weighted by Gasteiger charge is -2.13. The number of carboxylic acids is 1. The summed E-state index contributed by atoms with van der Waals surface area (Å²) >= 11 is 1.44. The highest BCUT2D eigenvalue weighted by Gasteiger charge is 2.33. The van der Waals surface area contributed by atoms with E-state index in [1.807, 2.05) is 18.2 Å². The van der Waals surface area contributed by atoms with Crippen LogP contribution in [0.25, 0.3) is 22.3 Å². The van der Waals surface area contributed by atoms with Gasteiger partial charge in [0.25, 0.3) is 0 Å². The minimum absolute atomic E-state index is 0.480. The Morgan fingerprint density at radius 1 is 1.52 bits per heavy atom. The molecule has 1 N–H and O–H groups in total. The average molecular weight is 301 g/mol. The number of aromatic nitrogens is 3. The molecule has 1 atom stereocenters. The Hall–Kier alpha value is -2.28. The zero-order valence-corrected chi connectivity index (χ0v) is 11.9. The molecule has 21 heavy (non-hydrogen) atoms. The highest BCUT2D eigenvalue weighted by atomic mass is 32.2. The number of hydrogen-bond donors (Lipinski definition) is 1. The lowest BCUT2D eigenvalue weighted by Crippen LogP contribution is -2.20. The van der Waals surface area contributed by atoms with Crippen LogP contribution in [-0.2, 0) is 4.79 Å². The molecule has 0 aliphatic carbocycles. The number of fused-ring (bicyclic) bond motifs is 5. The predicted octanol–water partition coefficient (Wildman–Crippen LogP) is 2.28. The summed E-state index contributed by atoms with van der Waals surface area (Å²) in [6, 6.07) is 5.00. The van der Waals surface area contributed by atoms with Crippen molar-refractivity contribution in [3.05, 3.63) is 24.4 Å². The van der Waals surface area contributed by atoms with Gasteiger partial charge in [-0.15, -0.1) is 0 Å². The van der Waals surface area contributed by atoms with E-state index in [1.54, 1.807) is 17.9 Å². The zero-order chi connectivity index (χ0) is 14.6. The minimum atomic E-state index is -0.856. The van der Waals surface area contributed by atoms with E-state index < -0.39 is 12.0 Å². The van der Waals surface area contributed by atoms with Gasteiger partial charge in [0.05, 0.1) is 12.6 Å². The summed E-state index contributed by atoms with van der Waals surface area (Å²) in [4.78, 5) is 20.4. The largest absolute Gasteiger partial charge is 0.497 e. The third-order valence-corrected chi connectivity index (χ3v) is 4.71. The summed E-state index contributed by atoms with van der Waals surface area (Å²) < 4.78 is 6.96. The molecule has 0 saturated heterocycles. The molecule has 0 bridgehead atoms. The molecule has 4 rings (SSSR count). The predicted molar refractivity (Wildman–Crippen MR) is 78.1 cm³/mol. The standard InChI is InChI=1S/C14H11N3O3S/c1-20-7-2-3-10-8(4-7)9-5-15-14-17(12(9)16-10)11(6-21-14)13(18)19/h2-5,11H,6H2,1H3,(H,18,19). The van der Waals surface area contributed by atoms with Crippen molar-refractivity contribution >= 4 is 28.6 Å². The maximum atomic E-state index is 11.4. The lowest BCUT2D eigenvalue weighted by atomic mass is 10.1. The number of methoxy groups -OCH3 is 1. The molecule has 0 fully saturated rings. The highest BCUT2D eigenvalue weighted by molar-refractivity contribution is 7.99. The van der Waals surface area contributed by atoms with Crippen LogP contribution in [0.2, 0.25) is 0 Å². The van der Waals surface area contributed by atoms with E-state index in [2.05, 4.69) is 9.97 Å². The molecular formula is C14H11N3O3S. The molecule has 6 nitrogen and oxygen atoms in total. The molecule has 3 heterocycles. The smallest absolute Gasteiger partial charge is 0.327 e. The number of thioether (sulfide) groups is 1. The van der Waals surface area contributed by atoms with Gasteiger partial charge < -0.3 is 9.84 Å². The number of benzene rings is 1. The maximum Gasteiger partial charge on any atom is 0.327 e. The Balaban J connectivity index is 2.02. The molecule has 0 radical (unpaired) electrons. The number of nitrogens with zero attached hydrogens (tertiary/aromatic N) is 3. The van der Waals surface area contributed by atoms with Gasteiger partial charge in [-0.1, -0.05) is 11.8 Å². The minimum Gasteiger partial charge on any atom is -0.497 e. The van der Waals surface area contributed by atoms with Crippen LogP contribution in [0, 0.1) is 0 Å². The van der Waals surface area contributed by atoms with E-state index >= 15 is 0 Å². The molecule has 1 unspecified atom stereocenters. The Labute approximate surface area is 124 Å². The molecule has 3 aliphatic rings. The second kappa shape index (κ2) is 4.36. The Morgan fingerprint density at radius 2 is 2.38 bits per heavy atom. The molecule has 1 aromatic carbocycles. The van der Waals surface area contributed by atoms with Gasteiger partial charge in [0.15, 0.2) is 5.16 Å². The van der Waals surface area contributed by atoms with Crippen LogP contribution in [0.4, 0.5) is 0 Å². The Morgan fingerprint density at radius 3 is 3.14 bits per heavy atom. The summed E-state index contributed by atoms with van der Waals surface area (Å²) in [6.07, 6.45) is 1.76. The first-order valence-electron chi connectivity index (χ1n) is 6.39. The lowest BCUT2D eigenvalue weighted by molar-refractivity contribution is -0.140. The van der Waals surface area contributed by atoms with Gasteiger partial charge in [-0.3, -0.25) is 4.57 Å². The molecule has 0 spiro atoms. The zero-order valence-electron chi connectivity index (χ0n) is 11.1. The molecule has 0 amide bonds. The van der Waals surface area contributed by atoms with Crippen molar-refractivity contribution in [2.45, 2.75) is 11.2 Å². The maximum absolute atomic E-state index is 11.4. The number of carboxylic acid groups (broad SMARTS) is 1. The quantitative estimate of drug-likeness (QED) is 0.732. The number of ether oxygens (including phenoxy) is 1. The first-order chi connectivity index (χ1) is 10.2. The van der Waals surface area contributed by atoms with Gasteiger partial charge in [0.1, 0.15) is 17.6 Å². The second-order valence-corrected chi connectivity index (χ2v) is 5.80. The van der Waals surface area contributed by atoms with Crippen LogP contribution in [0.5, 0.6) is 5.75 Å². The molecule has 7 heteroatoms. The third-order valence-electron chi connectivity index (χ3n) is 3.67. The summed E-state index contributed by atoms with van der Waals surface area (Å²) in [5, 5.41) is 11.0. The number of hydrogen-bond acceptors (Lipinski definition) is 5. The van der Waals surface area contributed by atoms with Crippen LogP contribution < -0.4 is 4.74 Å². The summed E-state index contributed by atoms with van der Waals surface area (Å²) in [6.45, 7) is 0. The SMILES string of the molecule is COc1ccc2nc3n4c(ncc-3c2c1)SCC4C(=O)O. The van der Waals surface area contributed by atoms with E-state index in [9.17, 15) is 9.90 Å². The van der Waals surface area contributed by atoms with Crippen LogP contribution in [0.15, 0.2) is 29.6 Å². The Bertz CT molecular complexity index is 845. The van der Waals surface area contributed by atoms with Crippen molar-refractivity contribution in [1.29, 1.82) is 0 Å². The monoisotopic (exact) mass is 301 g/mol. The van der Waals surface area contributed by atoms with E-state index in [0.717, 1.165) is 22.2 Å². The fourth-order valence-electron chi connectivity index (χ4n) is 2.63. The normalized spacial score (nSPS) is 17.3. The molecule has 0 saturated carbocycles.